The third kappa shape index (κ3) is 5.66. The van der Waals surface area contributed by atoms with Crippen LogP contribution in [0.15, 0.2) is 60.7 Å². The number of likely N-dealkylation sites (tertiary alicyclic amines) is 1. The van der Waals surface area contributed by atoms with Crippen LogP contribution in [0, 0.1) is 0 Å². The van der Waals surface area contributed by atoms with Crippen molar-refractivity contribution in [3.05, 3.63) is 71.8 Å². The minimum Gasteiger partial charge on any atom is -0.353 e. The van der Waals surface area contributed by atoms with Crippen LogP contribution in [0.4, 0.5) is 0 Å². The Hall–Kier alpha value is -2.66. The standard InChI is InChI=1S/C22H27N3O2/c1-25-14-12-19(13-15-25)23-21(26)16-20(17-8-4-2-5-9-17)24-22(27)18-10-6-3-7-11-18/h2-11,19-20H,12-16H2,1H3,(H,23,26)(H,24,27). The summed E-state index contributed by atoms with van der Waals surface area (Å²) >= 11 is 0. The van der Waals surface area contributed by atoms with Gasteiger partial charge in [0.05, 0.1) is 12.5 Å². The van der Waals surface area contributed by atoms with Gasteiger partial charge in [0.25, 0.3) is 5.91 Å². The quantitative estimate of drug-likeness (QED) is 0.827. The van der Waals surface area contributed by atoms with Crippen molar-refractivity contribution in [1.29, 1.82) is 0 Å². The molecule has 0 bridgehead atoms. The van der Waals surface area contributed by atoms with E-state index in [1.807, 2.05) is 48.5 Å². The Morgan fingerprint density at radius 1 is 1.00 bits per heavy atom. The highest BCUT2D eigenvalue weighted by atomic mass is 16.2. The molecule has 1 aliphatic rings. The molecule has 2 aromatic carbocycles. The first-order chi connectivity index (χ1) is 13.1. The molecule has 0 aliphatic carbocycles. The van der Waals surface area contributed by atoms with Gasteiger partial charge in [0.15, 0.2) is 0 Å². The Morgan fingerprint density at radius 3 is 2.22 bits per heavy atom. The molecule has 5 nitrogen and oxygen atoms in total. The molecule has 27 heavy (non-hydrogen) atoms. The van der Waals surface area contributed by atoms with E-state index >= 15 is 0 Å². The lowest BCUT2D eigenvalue weighted by atomic mass is 10.0. The molecule has 142 valence electrons. The van der Waals surface area contributed by atoms with Gasteiger partial charge >= 0.3 is 0 Å². The van der Waals surface area contributed by atoms with Gasteiger partial charge in [0.2, 0.25) is 5.91 Å². The highest BCUT2D eigenvalue weighted by molar-refractivity contribution is 5.94. The molecule has 3 rings (SSSR count). The number of amides is 2. The zero-order valence-corrected chi connectivity index (χ0v) is 15.7. The molecule has 1 fully saturated rings. The molecule has 1 unspecified atom stereocenters. The van der Waals surface area contributed by atoms with E-state index in [9.17, 15) is 9.59 Å². The minimum atomic E-state index is -0.356. The second kappa shape index (κ2) is 9.33. The van der Waals surface area contributed by atoms with Crippen molar-refractivity contribution in [2.24, 2.45) is 0 Å². The van der Waals surface area contributed by atoms with Crippen molar-refractivity contribution in [2.45, 2.75) is 31.3 Å². The van der Waals surface area contributed by atoms with Crippen molar-refractivity contribution in [3.8, 4) is 0 Å². The highest BCUT2D eigenvalue weighted by Crippen LogP contribution is 2.18. The number of hydrogen-bond acceptors (Lipinski definition) is 3. The molecule has 2 aromatic rings. The van der Waals surface area contributed by atoms with Crippen molar-refractivity contribution < 1.29 is 9.59 Å². The van der Waals surface area contributed by atoms with Crippen LogP contribution in [0.5, 0.6) is 0 Å². The van der Waals surface area contributed by atoms with Gasteiger partial charge in [-0.25, -0.2) is 0 Å². The molecular weight excluding hydrogens is 338 g/mol. The van der Waals surface area contributed by atoms with Crippen LogP contribution in [-0.4, -0.2) is 42.9 Å². The van der Waals surface area contributed by atoms with Crippen LogP contribution < -0.4 is 10.6 Å². The fraction of sp³-hybridized carbons (Fsp3) is 0.364. The normalized spacial score (nSPS) is 16.5. The molecular formula is C22H27N3O2. The third-order valence-corrected chi connectivity index (χ3v) is 5.02. The van der Waals surface area contributed by atoms with Crippen LogP contribution in [0.2, 0.25) is 0 Å². The van der Waals surface area contributed by atoms with E-state index in [1.165, 1.54) is 0 Å². The maximum absolute atomic E-state index is 12.6. The van der Waals surface area contributed by atoms with Gasteiger partial charge in [-0.05, 0) is 50.7 Å². The maximum Gasteiger partial charge on any atom is 0.251 e. The monoisotopic (exact) mass is 365 g/mol. The summed E-state index contributed by atoms with van der Waals surface area (Å²) in [5, 5.41) is 6.15. The van der Waals surface area contributed by atoms with E-state index in [1.54, 1.807) is 12.1 Å². The van der Waals surface area contributed by atoms with E-state index < -0.39 is 0 Å². The summed E-state index contributed by atoms with van der Waals surface area (Å²) in [6, 6.07) is 18.6. The summed E-state index contributed by atoms with van der Waals surface area (Å²) in [4.78, 5) is 27.5. The molecule has 5 heteroatoms. The summed E-state index contributed by atoms with van der Waals surface area (Å²) < 4.78 is 0. The van der Waals surface area contributed by atoms with Gasteiger partial charge in [0.1, 0.15) is 0 Å². The van der Waals surface area contributed by atoms with Gasteiger partial charge in [-0.3, -0.25) is 9.59 Å². The van der Waals surface area contributed by atoms with Crippen LogP contribution >= 0.6 is 0 Å². The summed E-state index contributed by atoms with van der Waals surface area (Å²) in [5.74, 6) is -0.191. The first-order valence-corrected chi connectivity index (χ1v) is 9.50. The van der Waals surface area contributed by atoms with E-state index in [2.05, 4.69) is 22.6 Å². The van der Waals surface area contributed by atoms with Crippen LogP contribution in [0.3, 0.4) is 0 Å². The fourth-order valence-electron chi connectivity index (χ4n) is 3.39. The van der Waals surface area contributed by atoms with Crippen molar-refractivity contribution in [2.75, 3.05) is 20.1 Å². The Balaban J connectivity index is 1.65. The molecule has 1 saturated heterocycles. The second-order valence-electron chi connectivity index (χ2n) is 7.15. The smallest absolute Gasteiger partial charge is 0.251 e. The van der Waals surface area contributed by atoms with E-state index in [-0.39, 0.29) is 30.3 Å². The molecule has 0 aromatic heterocycles. The van der Waals surface area contributed by atoms with Crippen molar-refractivity contribution >= 4 is 11.8 Å². The SMILES string of the molecule is CN1CCC(NC(=O)CC(NC(=O)c2ccccc2)c2ccccc2)CC1. The number of rotatable bonds is 6. The number of nitrogens with zero attached hydrogens (tertiary/aromatic N) is 1. The van der Waals surface area contributed by atoms with Gasteiger partial charge in [0, 0.05) is 11.6 Å². The molecule has 0 radical (unpaired) electrons. The number of carbonyl (C=O) groups excluding carboxylic acids is 2. The van der Waals surface area contributed by atoms with Gasteiger partial charge in [-0.1, -0.05) is 48.5 Å². The Labute approximate surface area is 160 Å². The summed E-state index contributed by atoms with van der Waals surface area (Å²) in [7, 11) is 2.10. The highest BCUT2D eigenvalue weighted by Gasteiger charge is 2.22. The number of piperidine rings is 1. The summed E-state index contributed by atoms with van der Waals surface area (Å²) in [6.45, 7) is 2.00. The Kier molecular flexibility index (Phi) is 6.60. The first-order valence-electron chi connectivity index (χ1n) is 9.50. The zero-order chi connectivity index (χ0) is 19.1. The number of nitrogens with one attached hydrogen (secondary N) is 2. The van der Waals surface area contributed by atoms with Gasteiger partial charge < -0.3 is 15.5 Å². The lowest BCUT2D eigenvalue weighted by Crippen LogP contribution is -2.44. The largest absolute Gasteiger partial charge is 0.353 e. The lowest BCUT2D eigenvalue weighted by molar-refractivity contribution is -0.122. The Morgan fingerprint density at radius 2 is 1.59 bits per heavy atom. The molecule has 0 saturated carbocycles. The topological polar surface area (TPSA) is 61.4 Å². The predicted octanol–water partition coefficient (Wildman–Crippen LogP) is 2.76. The van der Waals surface area contributed by atoms with Crippen LogP contribution in [-0.2, 0) is 4.79 Å². The Bertz CT molecular complexity index is 741. The summed E-state index contributed by atoms with van der Waals surface area (Å²) in [6.07, 6.45) is 2.16. The molecule has 2 N–H and O–H groups in total. The summed E-state index contributed by atoms with van der Waals surface area (Å²) in [5.41, 5.74) is 1.52. The molecule has 0 spiro atoms. The molecule has 2 amide bonds. The molecule has 1 atom stereocenters. The zero-order valence-electron chi connectivity index (χ0n) is 15.7. The predicted molar refractivity (Wildman–Crippen MR) is 106 cm³/mol. The average Bonchev–Trinajstić information content (AvgIpc) is 2.70. The van der Waals surface area contributed by atoms with Gasteiger partial charge in [-0.2, -0.15) is 0 Å². The van der Waals surface area contributed by atoms with Crippen LogP contribution in [0.1, 0.15) is 41.2 Å². The fourth-order valence-corrected chi connectivity index (χ4v) is 3.39. The average molecular weight is 365 g/mol. The molecule has 1 heterocycles. The number of benzene rings is 2. The minimum absolute atomic E-state index is 0.0215. The van der Waals surface area contributed by atoms with E-state index in [0.717, 1.165) is 31.5 Å². The number of hydrogen-bond donors (Lipinski definition) is 2. The van der Waals surface area contributed by atoms with Crippen molar-refractivity contribution in [3.63, 3.8) is 0 Å². The number of carbonyl (C=O) groups is 2. The van der Waals surface area contributed by atoms with E-state index in [0.29, 0.717) is 5.56 Å². The maximum atomic E-state index is 12.6. The lowest BCUT2D eigenvalue weighted by Gasteiger charge is -2.30. The second-order valence-corrected chi connectivity index (χ2v) is 7.15. The van der Waals surface area contributed by atoms with Gasteiger partial charge in [-0.15, -0.1) is 0 Å². The third-order valence-electron chi connectivity index (χ3n) is 5.02. The van der Waals surface area contributed by atoms with E-state index in [4.69, 9.17) is 0 Å². The van der Waals surface area contributed by atoms with Crippen molar-refractivity contribution in [1.82, 2.24) is 15.5 Å². The van der Waals surface area contributed by atoms with Crippen LogP contribution in [0.25, 0.3) is 0 Å². The molecule has 1 aliphatic heterocycles. The first kappa shape index (κ1) is 19.1.